The Balaban J connectivity index is 1.65. The van der Waals surface area contributed by atoms with E-state index in [-0.39, 0.29) is 23.1 Å². The predicted molar refractivity (Wildman–Crippen MR) is 94.3 cm³/mol. The first-order valence-corrected chi connectivity index (χ1v) is 9.25. The molecule has 1 aromatic rings. The van der Waals surface area contributed by atoms with E-state index in [0.29, 0.717) is 18.1 Å². The zero-order valence-electron chi connectivity index (χ0n) is 14.1. The Bertz CT molecular complexity index is 697. The van der Waals surface area contributed by atoms with Gasteiger partial charge >= 0.3 is 0 Å². The van der Waals surface area contributed by atoms with Gasteiger partial charge in [-0.3, -0.25) is 9.59 Å². The molecule has 0 bridgehead atoms. The maximum Gasteiger partial charge on any atom is 0.232 e. The molecule has 128 valence electrons. The van der Waals surface area contributed by atoms with E-state index in [0.717, 1.165) is 31.5 Å². The number of fused-ring (bicyclic) bond motifs is 2. The SMILES string of the molecule is CC(=O)N1CC[C@@H](C(=O)N2CC3(CCCC3)c3cccc(Cl)c32)C1. The number of carbonyl (C=O) groups excluding carboxylic acids is 2. The highest BCUT2D eigenvalue weighted by Gasteiger charge is 2.48. The summed E-state index contributed by atoms with van der Waals surface area (Å²) in [6.45, 7) is 3.54. The molecule has 5 heteroatoms. The van der Waals surface area contributed by atoms with E-state index < -0.39 is 0 Å². The summed E-state index contributed by atoms with van der Waals surface area (Å²) in [5, 5.41) is 0.672. The Morgan fingerprint density at radius 3 is 2.67 bits per heavy atom. The third-order valence-corrected chi connectivity index (χ3v) is 6.40. The van der Waals surface area contributed by atoms with E-state index in [2.05, 4.69) is 6.07 Å². The highest BCUT2D eigenvalue weighted by Crippen LogP contribution is 2.52. The fourth-order valence-corrected chi connectivity index (χ4v) is 5.10. The molecule has 1 aliphatic carbocycles. The van der Waals surface area contributed by atoms with Gasteiger partial charge in [-0.1, -0.05) is 36.6 Å². The van der Waals surface area contributed by atoms with Gasteiger partial charge in [0.25, 0.3) is 0 Å². The first kappa shape index (κ1) is 15.9. The van der Waals surface area contributed by atoms with Gasteiger partial charge in [-0.15, -0.1) is 0 Å². The third kappa shape index (κ3) is 2.34. The maximum absolute atomic E-state index is 13.2. The van der Waals surface area contributed by atoms with Crippen molar-refractivity contribution in [2.75, 3.05) is 24.5 Å². The highest BCUT2D eigenvalue weighted by atomic mass is 35.5. The second-order valence-electron chi connectivity index (χ2n) is 7.50. The lowest BCUT2D eigenvalue weighted by atomic mass is 9.81. The molecule has 1 spiro atoms. The van der Waals surface area contributed by atoms with Crippen LogP contribution in [0.3, 0.4) is 0 Å². The molecule has 3 aliphatic rings. The molecular weight excluding hydrogens is 324 g/mol. The van der Waals surface area contributed by atoms with Crippen LogP contribution in [0.1, 0.15) is 44.6 Å². The van der Waals surface area contributed by atoms with Gasteiger partial charge in [0.05, 0.1) is 16.6 Å². The van der Waals surface area contributed by atoms with E-state index in [1.54, 1.807) is 11.8 Å². The van der Waals surface area contributed by atoms with Gasteiger partial charge in [-0.2, -0.15) is 0 Å². The van der Waals surface area contributed by atoms with Gasteiger partial charge in [-0.05, 0) is 30.9 Å². The highest BCUT2D eigenvalue weighted by molar-refractivity contribution is 6.34. The molecule has 0 unspecified atom stereocenters. The van der Waals surface area contributed by atoms with E-state index >= 15 is 0 Å². The molecule has 0 radical (unpaired) electrons. The summed E-state index contributed by atoms with van der Waals surface area (Å²) in [5.41, 5.74) is 2.27. The van der Waals surface area contributed by atoms with E-state index in [1.807, 2.05) is 17.0 Å². The van der Waals surface area contributed by atoms with Crippen molar-refractivity contribution in [3.05, 3.63) is 28.8 Å². The van der Waals surface area contributed by atoms with Gasteiger partial charge in [0.1, 0.15) is 0 Å². The molecule has 1 saturated heterocycles. The largest absolute Gasteiger partial charge is 0.342 e. The van der Waals surface area contributed by atoms with Crippen LogP contribution in [-0.4, -0.2) is 36.3 Å². The molecular formula is C19H23ClN2O2. The first-order chi connectivity index (χ1) is 11.5. The summed E-state index contributed by atoms with van der Waals surface area (Å²) in [5.74, 6) is 0.0869. The summed E-state index contributed by atoms with van der Waals surface area (Å²) < 4.78 is 0. The number of likely N-dealkylation sites (tertiary alicyclic amines) is 1. The van der Waals surface area contributed by atoms with Crippen LogP contribution in [0.2, 0.25) is 5.02 Å². The molecule has 2 amide bonds. The molecule has 4 nitrogen and oxygen atoms in total. The zero-order chi connectivity index (χ0) is 16.9. The summed E-state index contributed by atoms with van der Waals surface area (Å²) in [7, 11) is 0. The number of hydrogen-bond acceptors (Lipinski definition) is 2. The average Bonchev–Trinajstić information content (AvgIpc) is 3.28. The van der Waals surface area contributed by atoms with Crippen LogP contribution in [0.4, 0.5) is 5.69 Å². The summed E-state index contributed by atoms with van der Waals surface area (Å²) in [6.07, 6.45) is 5.45. The molecule has 24 heavy (non-hydrogen) atoms. The van der Waals surface area contributed by atoms with Gasteiger partial charge in [0.15, 0.2) is 0 Å². The second-order valence-corrected chi connectivity index (χ2v) is 7.91. The zero-order valence-corrected chi connectivity index (χ0v) is 14.8. The van der Waals surface area contributed by atoms with Gasteiger partial charge in [0.2, 0.25) is 11.8 Å². The number of amides is 2. The number of nitrogens with zero attached hydrogens (tertiary/aromatic N) is 2. The Labute approximate surface area is 147 Å². The first-order valence-electron chi connectivity index (χ1n) is 8.88. The lowest BCUT2D eigenvalue weighted by molar-refractivity contribution is -0.128. The van der Waals surface area contributed by atoms with E-state index in [4.69, 9.17) is 11.6 Å². The van der Waals surface area contributed by atoms with Crippen molar-refractivity contribution in [2.45, 2.75) is 44.4 Å². The predicted octanol–water partition coefficient (Wildman–Crippen LogP) is 3.37. The lowest BCUT2D eigenvalue weighted by Gasteiger charge is -2.26. The standard InChI is InChI=1S/C19H23ClN2O2/c1-13(23)21-10-7-14(11-21)18(24)22-12-19(8-2-3-9-19)15-5-4-6-16(20)17(15)22/h4-6,14H,2-3,7-12H2,1H3/t14-/m1/s1. The molecule has 1 saturated carbocycles. The van der Waals surface area contributed by atoms with Crippen LogP contribution in [0.15, 0.2) is 18.2 Å². The van der Waals surface area contributed by atoms with Crippen molar-refractivity contribution < 1.29 is 9.59 Å². The smallest absolute Gasteiger partial charge is 0.232 e. The average molecular weight is 347 g/mol. The molecule has 2 heterocycles. The number of rotatable bonds is 1. The quantitative estimate of drug-likeness (QED) is 0.782. The Hall–Kier alpha value is -1.55. The van der Waals surface area contributed by atoms with Crippen molar-refractivity contribution in [3.8, 4) is 0 Å². The number of halogens is 1. The van der Waals surface area contributed by atoms with Crippen LogP contribution >= 0.6 is 11.6 Å². The van der Waals surface area contributed by atoms with E-state index in [9.17, 15) is 9.59 Å². The topological polar surface area (TPSA) is 40.6 Å². The van der Waals surface area contributed by atoms with Gasteiger partial charge in [0, 0.05) is 32.0 Å². The maximum atomic E-state index is 13.2. The van der Waals surface area contributed by atoms with Crippen LogP contribution in [0, 0.1) is 5.92 Å². The molecule has 2 aliphatic heterocycles. The number of benzene rings is 1. The van der Waals surface area contributed by atoms with Crippen molar-refractivity contribution >= 4 is 29.1 Å². The van der Waals surface area contributed by atoms with Crippen molar-refractivity contribution in [3.63, 3.8) is 0 Å². The minimum Gasteiger partial charge on any atom is -0.342 e. The Kier molecular flexibility index (Phi) is 3.83. The molecule has 4 rings (SSSR count). The molecule has 0 aromatic heterocycles. The third-order valence-electron chi connectivity index (χ3n) is 6.10. The molecule has 2 fully saturated rings. The van der Waals surface area contributed by atoms with Gasteiger partial charge in [-0.25, -0.2) is 0 Å². The van der Waals surface area contributed by atoms with E-state index in [1.165, 1.54) is 18.4 Å². The Morgan fingerprint density at radius 2 is 2.00 bits per heavy atom. The van der Waals surface area contributed by atoms with Crippen LogP contribution < -0.4 is 4.90 Å². The number of carbonyl (C=O) groups is 2. The summed E-state index contributed by atoms with van der Waals surface area (Å²) >= 11 is 6.50. The monoisotopic (exact) mass is 346 g/mol. The number of hydrogen-bond donors (Lipinski definition) is 0. The Morgan fingerprint density at radius 1 is 1.25 bits per heavy atom. The number of para-hydroxylation sites is 1. The normalized spacial score (nSPS) is 24.7. The molecule has 0 N–H and O–H groups in total. The number of anilines is 1. The van der Waals surface area contributed by atoms with Crippen LogP contribution in [0.5, 0.6) is 0 Å². The van der Waals surface area contributed by atoms with Crippen LogP contribution in [0.25, 0.3) is 0 Å². The second kappa shape index (κ2) is 5.76. The minimum absolute atomic E-state index is 0.0532. The lowest BCUT2D eigenvalue weighted by Crippen LogP contribution is -2.40. The van der Waals surface area contributed by atoms with Crippen molar-refractivity contribution in [2.24, 2.45) is 5.92 Å². The fourth-order valence-electron chi connectivity index (χ4n) is 4.82. The van der Waals surface area contributed by atoms with Crippen molar-refractivity contribution in [1.29, 1.82) is 0 Å². The fraction of sp³-hybridized carbons (Fsp3) is 0.579. The summed E-state index contributed by atoms with van der Waals surface area (Å²) in [4.78, 5) is 28.5. The summed E-state index contributed by atoms with van der Waals surface area (Å²) in [6, 6.07) is 6.03. The molecule has 1 aromatic carbocycles. The van der Waals surface area contributed by atoms with Gasteiger partial charge < -0.3 is 9.80 Å². The van der Waals surface area contributed by atoms with Crippen molar-refractivity contribution in [1.82, 2.24) is 4.90 Å². The minimum atomic E-state index is -0.102. The van der Waals surface area contributed by atoms with Crippen LogP contribution in [-0.2, 0) is 15.0 Å². The molecule has 1 atom stereocenters.